The average Bonchev–Trinajstić information content (AvgIpc) is 2.29. The van der Waals surface area contributed by atoms with Gasteiger partial charge in [0.1, 0.15) is 12.2 Å². The van der Waals surface area contributed by atoms with Crippen LogP contribution >= 0.6 is 0 Å². The van der Waals surface area contributed by atoms with Crippen LogP contribution < -0.4 is 10.6 Å². The van der Waals surface area contributed by atoms with Crippen LogP contribution in [0.3, 0.4) is 0 Å². The van der Waals surface area contributed by atoms with Crippen molar-refractivity contribution in [3.8, 4) is 0 Å². The maximum atomic E-state index is 11.6. The standard InChI is InChI=1S/C13H24N2O4/c1-13(2,3)19-12(18)15-10-6-4-9(5-7-10)14-11(17)8-16/h9-10,16H,4-8H2,1-3H3,(H,14,17)(H,15,18). The molecule has 0 atom stereocenters. The van der Waals surface area contributed by atoms with E-state index in [9.17, 15) is 9.59 Å². The highest BCUT2D eigenvalue weighted by atomic mass is 16.6. The Labute approximate surface area is 113 Å². The van der Waals surface area contributed by atoms with E-state index >= 15 is 0 Å². The first-order chi connectivity index (χ1) is 8.80. The van der Waals surface area contributed by atoms with E-state index in [2.05, 4.69) is 10.6 Å². The van der Waals surface area contributed by atoms with Crippen molar-refractivity contribution in [3.63, 3.8) is 0 Å². The molecule has 19 heavy (non-hydrogen) atoms. The Hall–Kier alpha value is -1.30. The van der Waals surface area contributed by atoms with Gasteiger partial charge in [0.2, 0.25) is 5.91 Å². The van der Waals surface area contributed by atoms with Gasteiger partial charge in [-0.05, 0) is 46.5 Å². The van der Waals surface area contributed by atoms with Crippen LogP contribution in [-0.2, 0) is 9.53 Å². The van der Waals surface area contributed by atoms with Crippen LogP contribution in [0.15, 0.2) is 0 Å². The van der Waals surface area contributed by atoms with Gasteiger partial charge in [-0.3, -0.25) is 4.79 Å². The van der Waals surface area contributed by atoms with Crippen LogP contribution in [0.25, 0.3) is 0 Å². The Balaban J connectivity index is 2.26. The van der Waals surface area contributed by atoms with Crippen molar-refractivity contribution in [1.29, 1.82) is 0 Å². The van der Waals surface area contributed by atoms with Crippen LogP contribution in [0, 0.1) is 0 Å². The molecule has 1 fully saturated rings. The van der Waals surface area contributed by atoms with Gasteiger partial charge in [0.05, 0.1) is 0 Å². The number of hydrogen-bond donors (Lipinski definition) is 3. The zero-order valence-corrected chi connectivity index (χ0v) is 11.9. The first kappa shape index (κ1) is 15.8. The number of rotatable bonds is 3. The number of alkyl carbamates (subject to hydrolysis) is 1. The van der Waals surface area contributed by atoms with Gasteiger partial charge in [-0.1, -0.05) is 0 Å². The summed E-state index contributed by atoms with van der Waals surface area (Å²) in [6.07, 6.45) is 2.80. The smallest absolute Gasteiger partial charge is 0.407 e. The predicted molar refractivity (Wildman–Crippen MR) is 70.6 cm³/mol. The lowest BCUT2D eigenvalue weighted by atomic mass is 9.91. The van der Waals surface area contributed by atoms with E-state index in [0.717, 1.165) is 25.7 Å². The van der Waals surface area contributed by atoms with Crippen molar-refractivity contribution in [3.05, 3.63) is 0 Å². The first-order valence-corrected chi connectivity index (χ1v) is 6.70. The lowest BCUT2D eigenvalue weighted by Gasteiger charge is -2.30. The lowest BCUT2D eigenvalue weighted by Crippen LogP contribution is -2.45. The molecule has 0 unspecified atom stereocenters. The van der Waals surface area contributed by atoms with Crippen LogP contribution in [-0.4, -0.2) is 41.4 Å². The first-order valence-electron chi connectivity index (χ1n) is 6.70. The molecule has 1 saturated carbocycles. The van der Waals surface area contributed by atoms with E-state index < -0.39 is 18.3 Å². The summed E-state index contributed by atoms with van der Waals surface area (Å²) in [6, 6.07) is 0.188. The van der Waals surface area contributed by atoms with E-state index in [1.807, 2.05) is 20.8 Å². The molecule has 0 aromatic carbocycles. The van der Waals surface area contributed by atoms with E-state index in [1.165, 1.54) is 0 Å². The van der Waals surface area contributed by atoms with Gasteiger partial charge >= 0.3 is 6.09 Å². The number of nitrogens with one attached hydrogen (secondary N) is 2. The van der Waals surface area contributed by atoms with E-state index in [1.54, 1.807) is 0 Å². The van der Waals surface area contributed by atoms with Crippen LogP contribution in [0.5, 0.6) is 0 Å². The Morgan fingerprint density at radius 1 is 1.11 bits per heavy atom. The summed E-state index contributed by atoms with van der Waals surface area (Å²) in [7, 11) is 0. The average molecular weight is 272 g/mol. The number of hydrogen-bond acceptors (Lipinski definition) is 4. The fourth-order valence-electron chi connectivity index (χ4n) is 2.13. The van der Waals surface area contributed by atoms with Crippen molar-refractivity contribution in [2.24, 2.45) is 0 Å². The van der Waals surface area contributed by atoms with Crippen molar-refractivity contribution < 1.29 is 19.4 Å². The molecule has 0 radical (unpaired) electrons. The molecule has 0 aromatic rings. The van der Waals surface area contributed by atoms with Crippen molar-refractivity contribution >= 4 is 12.0 Å². The Morgan fingerprint density at radius 2 is 1.58 bits per heavy atom. The molecule has 2 amide bonds. The predicted octanol–water partition coefficient (Wildman–Crippen LogP) is 0.931. The molecule has 0 spiro atoms. The molecule has 6 nitrogen and oxygen atoms in total. The maximum absolute atomic E-state index is 11.6. The quantitative estimate of drug-likeness (QED) is 0.713. The second-order valence-electron chi connectivity index (χ2n) is 5.92. The zero-order chi connectivity index (χ0) is 14.5. The number of ether oxygens (including phenoxy) is 1. The molecule has 110 valence electrons. The topological polar surface area (TPSA) is 87.7 Å². The summed E-state index contributed by atoms with van der Waals surface area (Å²) in [5, 5.41) is 14.2. The monoisotopic (exact) mass is 272 g/mol. The van der Waals surface area contributed by atoms with Gasteiger partial charge in [0, 0.05) is 12.1 Å². The Morgan fingerprint density at radius 3 is 2.00 bits per heavy atom. The molecule has 0 bridgehead atoms. The number of aliphatic hydroxyl groups excluding tert-OH is 1. The lowest BCUT2D eigenvalue weighted by molar-refractivity contribution is -0.124. The van der Waals surface area contributed by atoms with Crippen LogP contribution in [0.1, 0.15) is 46.5 Å². The molecule has 0 heterocycles. The number of carbonyl (C=O) groups excluding carboxylic acids is 2. The van der Waals surface area contributed by atoms with Crippen molar-refractivity contribution in [2.75, 3.05) is 6.61 Å². The van der Waals surface area contributed by atoms with Gasteiger partial charge in [-0.25, -0.2) is 4.79 Å². The van der Waals surface area contributed by atoms with Gasteiger partial charge in [-0.2, -0.15) is 0 Å². The number of amides is 2. The second kappa shape index (κ2) is 6.75. The minimum Gasteiger partial charge on any atom is -0.444 e. The summed E-state index contributed by atoms with van der Waals surface area (Å²) in [6.45, 7) is 5.01. The van der Waals surface area contributed by atoms with Gasteiger partial charge in [-0.15, -0.1) is 0 Å². The Bertz CT molecular complexity index is 317. The maximum Gasteiger partial charge on any atom is 0.407 e. The molecule has 6 heteroatoms. The summed E-state index contributed by atoms with van der Waals surface area (Å²) < 4.78 is 5.20. The Kier molecular flexibility index (Phi) is 5.60. The molecule has 1 aliphatic rings. The summed E-state index contributed by atoms with van der Waals surface area (Å²) in [4.78, 5) is 22.6. The molecule has 0 aliphatic heterocycles. The van der Waals surface area contributed by atoms with E-state index in [-0.39, 0.29) is 18.0 Å². The normalized spacial score (nSPS) is 23.6. The fourth-order valence-corrected chi connectivity index (χ4v) is 2.13. The molecule has 0 saturated heterocycles. The van der Waals surface area contributed by atoms with Crippen molar-refractivity contribution in [2.45, 2.75) is 64.1 Å². The molecular weight excluding hydrogens is 248 g/mol. The van der Waals surface area contributed by atoms with Gasteiger partial charge in [0.25, 0.3) is 0 Å². The van der Waals surface area contributed by atoms with Crippen LogP contribution in [0.2, 0.25) is 0 Å². The third kappa shape index (κ3) is 6.42. The zero-order valence-electron chi connectivity index (χ0n) is 11.9. The second-order valence-corrected chi connectivity index (χ2v) is 5.92. The fraction of sp³-hybridized carbons (Fsp3) is 0.846. The number of carbonyl (C=O) groups is 2. The molecule has 3 N–H and O–H groups in total. The molecule has 0 aromatic heterocycles. The minimum absolute atomic E-state index is 0.0938. The van der Waals surface area contributed by atoms with Gasteiger partial charge < -0.3 is 20.5 Å². The SMILES string of the molecule is CC(C)(C)OC(=O)NC1CCC(NC(=O)CO)CC1. The highest BCUT2D eigenvalue weighted by molar-refractivity contribution is 5.77. The third-order valence-electron chi connectivity index (χ3n) is 2.96. The summed E-state index contributed by atoms with van der Waals surface area (Å²) >= 11 is 0. The number of aliphatic hydroxyl groups is 1. The van der Waals surface area contributed by atoms with Crippen LogP contribution in [0.4, 0.5) is 4.79 Å². The largest absolute Gasteiger partial charge is 0.444 e. The van der Waals surface area contributed by atoms with E-state index in [0.29, 0.717) is 0 Å². The third-order valence-corrected chi connectivity index (χ3v) is 2.96. The minimum atomic E-state index is -0.490. The molecule has 1 rings (SSSR count). The highest BCUT2D eigenvalue weighted by Gasteiger charge is 2.25. The molecular formula is C13H24N2O4. The molecule has 1 aliphatic carbocycles. The summed E-state index contributed by atoms with van der Waals surface area (Å²) in [5.74, 6) is -0.344. The highest BCUT2D eigenvalue weighted by Crippen LogP contribution is 2.19. The van der Waals surface area contributed by atoms with E-state index in [4.69, 9.17) is 9.84 Å². The van der Waals surface area contributed by atoms with Gasteiger partial charge in [0.15, 0.2) is 0 Å². The summed E-state index contributed by atoms with van der Waals surface area (Å²) in [5.41, 5.74) is -0.490. The van der Waals surface area contributed by atoms with Crippen molar-refractivity contribution in [1.82, 2.24) is 10.6 Å².